The third-order valence-electron chi connectivity index (χ3n) is 3.43. The first kappa shape index (κ1) is 16.8. The van der Waals surface area contributed by atoms with Crippen LogP contribution in [0, 0.1) is 0 Å². The van der Waals surface area contributed by atoms with Crippen LogP contribution in [0.1, 0.15) is 38.7 Å². The van der Waals surface area contributed by atoms with Crippen molar-refractivity contribution >= 4 is 5.57 Å². The minimum Gasteiger partial charge on any atom is -0.380 e. The summed E-state index contributed by atoms with van der Waals surface area (Å²) in [7, 11) is 4.38. The van der Waals surface area contributed by atoms with Gasteiger partial charge in [-0.3, -0.25) is 0 Å². The Morgan fingerprint density at radius 1 is 1.00 bits per heavy atom. The zero-order valence-electron chi connectivity index (χ0n) is 13.6. The van der Waals surface area contributed by atoms with Crippen LogP contribution in [-0.2, 0) is 0 Å². The summed E-state index contributed by atoms with van der Waals surface area (Å²) in [6.45, 7) is 7.75. The van der Waals surface area contributed by atoms with E-state index in [0.717, 1.165) is 19.6 Å². The Labute approximate surface area is 125 Å². The fraction of sp³-hybridized carbons (Fsp3) is 0.556. The first-order chi connectivity index (χ1) is 9.67. The highest BCUT2D eigenvalue weighted by atomic mass is 15.1. The first-order valence-electron chi connectivity index (χ1n) is 7.82. The van der Waals surface area contributed by atoms with Gasteiger partial charge in [0, 0.05) is 26.3 Å². The second-order valence-electron chi connectivity index (χ2n) is 5.59. The molecule has 0 aliphatic carbocycles. The molecule has 1 rings (SSSR count). The quantitative estimate of drug-likeness (QED) is 0.669. The highest BCUT2D eigenvalue weighted by Crippen LogP contribution is 2.16. The average molecular weight is 274 g/mol. The lowest BCUT2D eigenvalue weighted by molar-refractivity contribution is 0.372. The van der Waals surface area contributed by atoms with Crippen LogP contribution in [0.5, 0.6) is 0 Å². The van der Waals surface area contributed by atoms with Gasteiger partial charge in [-0.25, -0.2) is 0 Å². The van der Waals surface area contributed by atoms with Gasteiger partial charge in [-0.2, -0.15) is 0 Å². The molecule has 112 valence electrons. The summed E-state index contributed by atoms with van der Waals surface area (Å²) >= 11 is 0. The van der Waals surface area contributed by atoms with E-state index in [0.29, 0.717) is 0 Å². The van der Waals surface area contributed by atoms with Gasteiger partial charge in [0.25, 0.3) is 0 Å². The Morgan fingerprint density at radius 2 is 1.70 bits per heavy atom. The molecular weight excluding hydrogens is 244 g/mol. The summed E-state index contributed by atoms with van der Waals surface area (Å²) in [5.41, 5.74) is 2.74. The summed E-state index contributed by atoms with van der Waals surface area (Å²) in [6, 6.07) is 10.7. The van der Waals surface area contributed by atoms with E-state index in [9.17, 15) is 0 Å². The molecular formula is C18H30N2. The van der Waals surface area contributed by atoms with Crippen LogP contribution in [0.25, 0.3) is 5.57 Å². The van der Waals surface area contributed by atoms with E-state index in [2.05, 4.69) is 74.3 Å². The van der Waals surface area contributed by atoms with Crippen molar-refractivity contribution in [2.75, 3.05) is 33.7 Å². The van der Waals surface area contributed by atoms with Crippen molar-refractivity contribution in [1.29, 1.82) is 0 Å². The van der Waals surface area contributed by atoms with E-state index >= 15 is 0 Å². The molecule has 0 aliphatic heterocycles. The maximum Gasteiger partial charge on any atom is 0.0251 e. The molecule has 0 bridgehead atoms. The predicted octanol–water partition coefficient (Wildman–Crippen LogP) is 4.10. The molecule has 20 heavy (non-hydrogen) atoms. The Hall–Kier alpha value is -1.28. The van der Waals surface area contributed by atoms with Crippen LogP contribution in [0.15, 0.2) is 36.5 Å². The lowest BCUT2D eigenvalue weighted by Gasteiger charge is -2.21. The fourth-order valence-electron chi connectivity index (χ4n) is 2.35. The van der Waals surface area contributed by atoms with Gasteiger partial charge < -0.3 is 9.80 Å². The van der Waals surface area contributed by atoms with Crippen LogP contribution >= 0.6 is 0 Å². The van der Waals surface area contributed by atoms with Crippen LogP contribution in [-0.4, -0.2) is 43.5 Å². The number of nitrogens with zero attached hydrogens (tertiary/aromatic N) is 2. The summed E-state index contributed by atoms with van der Waals surface area (Å²) < 4.78 is 0. The van der Waals surface area contributed by atoms with Gasteiger partial charge in [-0.1, -0.05) is 50.6 Å². The highest BCUT2D eigenvalue weighted by Gasteiger charge is 2.06. The Kier molecular flexibility index (Phi) is 8.05. The number of hydrogen-bond acceptors (Lipinski definition) is 2. The molecule has 0 saturated heterocycles. The normalized spacial score (nSPS) is 11.9. The van der Waals surface area contributed by atoms with Crippen molar-refractivity contribution in [2.45, 2.75) is 33.1 Å². The van der Waals surface area contributed by atoms with E-state index < -0.39 is 0 Å². The molecule has 1 aromatic carbocycles. The fourth-order valence-corrected chi connectivity index (χ4v) is 2.35. The molecule has 0 aromatic heterocycles. The van der Waals surface area contributed by atoms with Crippen molar-refractivity contribution in [3.05, 3.63) is 42.1 Å². The molecule has 0 fully saturated rings. The van der Waals surface area contributed by atoms with Crippen molar-refractivity contribution in [3.63, 3.8) is 0 Å². The minimum absolute atomic E-state index is 1.01. The van der Waals surface area contributed by atoms with E-state index in [4.69, 9.17) is 0 Å². The average Bonchev–Trinajstić information content (AvgIpc) is 2.45. The van der Waals surface area contributed by atoms with Crippen LogP contribution < -0.4 is 0 Å². The van der Waals surface area contributed by atoms with Gasteiger partial charge in [-0.15, -0.1) is 0 Å². The summed E-state index contributed by atoms with van der Waals surface area (Å²) in [5, 5.41) is 0. The third-order valence-corrected chi connectivity index (χ3v) is 3.43. The highest BCUT2D eigenvalue weighted by molar-refractivity contribution is 5.66. The molecule has 0 heterocycles. The maximum atomic E-state index is 2.40. The Balaban J connectivity index is 2.81. The number of likely N-dealkylation sites (N-methyl/N-ethyl adjacent to an activating group) is 1. The van der Waals surface area contributed by atoms with Gasteiger partial charge in [-0.05, 0) is 37.6 Å². The topological polar surface area (TPSA) is 6.48 Å². The number of unbranched alkanes of at least 4 members (excludes halogenated alkanes) is 1. The largest absolute Gasteiger partial charge is 0.380 e. The third kappa shape index (κ3) is 6.25. The van der Waals surface area contributed by atoms with E-state index in [1.165, 1.54) is 30.4 Å². The second-order valence-corrected chi connectivity index (χ2v) is 5.59. The van der Waals surface area contributed by atoms with Crippen LogP contribution in [0.4, 0.5) is 0 Å². The molecule has 0 saturated carbocycles. The zero-order valence-corrected chi connectivity index (χ0v) is 13.6. The maximum absolute atomic E-state index is 2.40. The van der Waals surface area contributed by atoms with Gasteiger partial charge >= 0.3 is 0 Å². The lowest BCUT2D eigenvalue weighted by atomic mass is 10.1. The summed E-state index contributed by atoms with van der Waals surface area (Å²) in [4.78, 5) is 4.72. The second kappa shape index (κ2) is 9.60. The number of rotatable bonds is 9. The Bertz CT molecular complexity index is 384. The minimum atomic E-state index is 1.01. The molecule has 0 atom stereocenters. The number of hydrogen-bond donors (Lipinski definition) is 0. The van der Waals surface area contributed by atoms with Crippen molar-refractivity contribution < 1.29 is 0 Å². The molecule has 0 aliphatic rings. The van der Waals surface area contributed by atoms with Gasteiger partial charge in [0.05, 0.1) is 0 Å². The van der Waals surface area contributed by atoms with E-state index in [1.54, 1.807) is 0 Å². The molecule has 2 heteroatoms. The summed E-state index contributed by atoms with van der Waals surface area (Å²) in [5.74, 6) is 0. The molecule has 2 nitrogen and oxygen atoms in total. The molecule has 0 amide bonds. The SMILES string of the molecule is CCCCN(C)/C=C(/CN(C)CCC)c1ccccc1. The van der Waals surface area contributed by atoms with Gasteiger partial charge in [0.15, 0.2) is 0 Å². The predicted molar refractivity (Wildman–Crippen MR) is 89.7 cm³/mol. The standard InChI is InChI=1S/C18H30N2/c1-5-7-14-20(4)16-18(15-19(3)13-6-2)17-11-9-8-10-12-17/h8-12,16H,5-7,13-15H2,1-4H3/b18-16-. The van der Waals surface area contributed by atoms with Crippen LogP contribution in [0.2, 0.25) is 0 Å². The first-order valence-corrected chi connectivity index (χ1v) is 7.82. The Morgan fingerprint density at radius 3 is 2.30 bits per heavy atom. The van der Waals surface area contributed by atoms with Crippen LogP contribution in [0.3, 0.4) is 0 Å². The smallest absolute Gasteiger partial charge is 0.0251 e. The number of benzene rings is 1. The molecule has 0 N–H and O–H groups in total. The van der Waals surface area contributed by atoms with Crippen molar-refractivity contribution in [1.82, 2.24) is 9.80 Å². The lowest BCUT2D eigenvalue weighted by Crippen LogP contribution is -2.23. The summed E-state index contributed by atoms with van der Waals surface area (Å²) in [6.07, 6.45) is 6.01. The molecule has 0 unspecified atom stereocenters. The van der Waals surface area contributed by atoms with Crippen molar-refractivity contribution in [2.24, 2.45) is 0 Å². The van der Waals surface area contributed by atoms with Gasteiger partial charge in [0.1, 0.15) is 0 Å². The molecule has 0 radical (unpaired) electrons. The van der Waals surface area contributed by atoms with E-state index in [1.807, 2.05) is 0 Å². The zero-order chi connectivity index (χ0) is 14.8. The molecule has 0 spiro atoms. The van der Waals surface area contributed by atoms with Gasteiger partial charge in [0.2, 0.25) is 0 Å². The van der Waals surface area contributed by atoms with Crippen molar-refractivity contribution in [3.8, 4) is 0 Å². The van der Waals surface area contributed by atoms with E-state index in [-0.39, 0.29) is 0 Å². The molecule has 1 aromatic rings. The monoisotopic (exact) mass is 274 g/mol.